The molecule has 90 valence electrons. The van der Waals surface area contributed by atoms with Gasteiger partial charge in [0.05, 0.1) is 18.1 Å². The third-order valence-corrected chi connectivity index (χ3v) is 2.04. The summed E-state index contributed by atoms with van der Waals surface area (Å²) in [6.07, 6.45) is 7.77. The Balaban J connectivity index is 0.000000134. The molecule has 3 N–H and O–H groups in total. The van der Waals surface area contributed by atoms with Gasteiger partial charge in [-0.05, 0) is 12.1 Å². The second-order valence-electron chi connectivity index (χ2n) is 3.27. The van der Waals surface area contributed by atoms with E-state index in [9.17, 15) is 4.79 Å². The van der Waals surface area contributed by atoms with Gasteiger partial charge in [0, 0.05) is 12.4 Å². The number of nitrogens with one attached hydrogen (secondary N) is 1. The van der Waals surface area contributed by atoms with Crippen molar-refractivity contribution in [2.24, 2.45) is 5.73 Å². The van der Waals surface area contributed by atoms with Crippen LogP contribution in [0.25, 0.3) is 11.2 Å². The summed E-state index contributed by atoms with van der Waals surface area (Å²) in [5.74, 6) is -0.442. The molecule has 0 spiro atoms. The van der Waals surface area contributed by atoms with E-state index in [1.54, 1.807) is 30.9 Å². The first-order valence-corrected chi connectivity index (χ1v) is 5.06. The van der Waals surface area contributed by atoms with E-state index in [0.29, 0.717) is 5.56 Å². The molecule has 0 aliphatic carbocycles. The monoisotopic (exact) mass is 242 g/mol. The van der Waals surface area contributed by atoms with Gasteiger partial charge >= 0.3 is 0 Å². The van der Waals surface area contributed by atoms with Gasteiger partial charge in [-0.1, -0.05) is 0 Å². The van der Waals surface area contributed by atoms with Crippen LogP contribution in [-0.4, -0.2) is 30.8 Å². The van der Waals surface area contributed by atoms with Crippen molar-refractivity contribution in [2.75, 3.05) is 0 Å². The van der Waals surface area contributed by atoms with Gasteiger partial charge in [-0.15, -0.1) is 0 Å². The fraction of sp³-hybridized carbons (Fsp3) is 0. The topological polar surface area (TPSA) is 110 Å². The highest BCUT2D eigenvalue weighted by molar-refractivity contribution is 5.92. The fourth-order valence-corrected chi connectivity index (χ4v) is 1.20. The molecule has 3 aromatic heterocycles. The molecule has 0 saturated carbocycles. The third-order valence-electron chi connectivity index (χ3n) is 2.04. The highest BCUT2D eigenvalue weighted by atomic mass is 16.1. The Morgan fingerprint density at radius 1 is 1.22 bits per heavy atom. The number of aromatic nitrogens is 5. The molecule has 0 atom stereocenters. The minimum Gasteiger partial charge on any atom is -0.366 e. The first kappa shape index (κ1) is 11.6. The highest BCUT2D eigenvalue weighted by Crippen LogP contribution is 1.99. The Bertz CT molecular complexity index is 606. The van der Waals surface area contributed by atoms with E-state index in [2.05, 4.69) is 24.9 Å². The predicted molar refractivity (Wildman–Crippen MR) is 64.4 cm³/mol. The van der Waals surface area contributed by atoms with E-state index >= 15 is 0 Å². The summed E-state index contributed by atoms with van der Waals surface area (Å²) < 4.78 is 0. The molecule has 0 aliphatic rings. The quantitative estimate of drug-likeness (QED) is 0.646. The van der Waals surface area contributed by atoms with Crippen molar-refractivity contribution in [3.63, 3.8) is 0 Å². The number of hydrogen-bond donors (Lipinski definition) is 2. The Labute approximate surface area is 102 Å². The van der Waals surface area contributed by atoms with E-state index in [4.69, 9.17) is 5.73 Å². The zero-order chi connectivity index (χ0) is 12.8. The molecule has 18 heavy (non-hydrogen) atoms. The van der Waals surface area contributed by atoms with E-state index < -0.39 is 5.91 Å². The normalized spacial score (nSPS) is 9.56. The number of H-pyrrole nitrogens is 1. The second kappa shape index (κ2) is 5.48. The van der Waals surface area contributed by atoms with Gasteiger partial charge in [0.2, 0.25) is 5.91 Å². The highest BCUT2D eigenvalue weighted by Gasteiger charge is 1.95. The van der Waals surface area contributed by atoms with Crippen LogP contribution < -0.4 is 5.73 Å². The van der Waals surface area contributed by atoms with Gasteiger partial charge in [-0.3, -0.25) is 9.78 Å². The Morgan fingerprint density at radius 2 is 2.11 bits per heavy atom. The number of imidazole rings is 1. The molecule has 7 nitrogen and oxygen atoms in total. The number of aromatic amines is 1. The van der Waals surface area contributed by atoms with Crippen molar-refractivity contribution in [2.45, 2.75) is 0 Å². The van der Waals surface area contributed by atoms with E-state index in [-0.39, 0.29) is 0 Å². The summed E-state index contributed by atoms with van der Waals surface area (Å²) >= 11 is 0. The van der Waals surface area contributed by atoms with Crippen LogP contribution in [0.1, 0.15) is 10.4 Å². The zero-order valence-electron chi connectivity index (χ0n) is 9.32. The maximum atomic E-state index is 10.4. The van der Waals surface area contributed by atoms with Crippen molar-refractivity contribution in [1.29, 1.82) is 0 Å². The number of hydrogen-bond acceptors (Lipinski definition) is 5. The number of carbonyl (C=O) groups is 1. The third kappa shape index (κ3) is 2.85. The molecular formula is C11H10N6O. The summed E-state index contributed by atoms with van der Waals surface area (Å²) in [4.78, 5) is 28.6. The number of nitrogens with zero attached hydrogens (tertiary/aromatic N) is 4. The average Bonchev–Trinajstić information content (AvgIpc) is 2.89. The average molecular weight is 242 g/mol. The standard InChI is InChI=1S/C6H6N2O.C5H4N4/c7-6(9)5-2-1-3-8-4-5;1-4-5(8-2-6-1)9-3-7-4/h1-4H,(H2,7,9);1-3H,(H,6,7,8,9). The van der Waals surface area contributed by atoms with Crippen LogP contribution in [0.5, 0.6) is 0 Å². The molecule has 0 unspecified atom stereocenters. The number of amides is 1. The predicted octanol–water partition coefficient (Wildman–Crippen LogP) is 0.533. The number of nitrogens with two attached hydrogens (primary N) is 1. The van der Waals surface area contributed by atoms with E-state index in [1.807, 2.05) is 0 Å². The Hall–Kier alpha value is -2.83. The summed E-state index contributed by atoms with van der Waals surface area (Å²) in [6, 6.07) is 3.29. The van der Waals surface area contributed by atoms with Crippen molar-refractivity contribution < 1.29 is 4.79 Å². The molecule has 0 aromatic carbocycles. The molecule has 3 heterocycles. The van der Waals surface area contributed by atoms with Gasteiger partial charge in [0.25, 0.3) is 0 Å². The molecule has 0 fully saturated rings. The van der Waals surface area contributed by atoms with E-state index in [1.165, 1.54) is 12.5 Å². The smallest absolute Gasteiger partial charge is 0.250 e. The first-order valence-electron chi connectivity index (χ1n) is 5.06. The lowest BCUT2D eigenvalue weighted by Crippen LogP contribution is -2.10. The molecule has 7 heteroatoms. The molecule has 3 rings (SSSR count). The van der Waals surface area contributed by atoms with Crippen LogP contribution in [-0.2, 0) is 0 Å². The zero-order valence-corrected chi connectivity index (χ0v) is 9.32. The van der Waals surface area contributed by atoms with Crippen molar-refractivity contribution in [1.82, 2.24) is 24.9 Å². The van der Waals surface area contributed by atoms with Crippen LogP contribution in [0.2, 0.25) is 0 Å². The lowest BCUT2D eigenvalue weighted by atomic mass is 10.3. The van der Waals surface area contributed by atoms with Gasteiger partial charge in [-0.2, -0.15) is 0 Å². The van der Waals surface area contributed by atoms with Gasteiger partial charge in [0.1, 0.15) is 11.8 Å². The summed E-state index contributed by atoms with van der Waals surface area (Å²) in [6.45, 7) is 0. The van der Waals surface area contributed by atoms with Crippen LogP contribution in [0, 0.1) is 0 Å². The Morgan fingerprint density at radius 3 is 2.72 bits per heavy atom. The number of carbonyl (C=O) groups excluding carboxylic acids is 1. The number of primary amides is 1. The minimum absolute atomic E-state index is 0.442. The minimum atomic E-state index is -0.442. The SMILES string of the molecule is NC(=O)c1cccnc1.c1ncc2nc[nH]c2n1. The number of fused-ring (bicyclic) bond motifs is 1. The largest absolute Gasteiger partial charge is 0.366 e. The number of pyridine rings is 1. The molecule has 0 radical (unpaired) electrons. The second-order valence-corrected chi connectivity index (χ2v) is 3.27. The van der Waals surface area contributed by atoms with Crippen LogP contribution in [0.15, 0.2) is 43.4 Å². The van der Waals surface area contributed by atoms with Gasteiger partial charge in [0.15, 0.2) is 5.65 Å². The lowest BCUT2D eigenvalue weighted by molar-refractivity contribution is 0.1000. The van der Waals surface area contributed by atoms with E-state index in [0.717, 1.165) is 11.2 Å². The maximum Gasteiger partial charge on any atom is 0.250 e. The molecule has 1 amide bonds. The molecule has 0 bridgehead atoms. The summed E-state index contributed by atoms with van der Waals surface area (Å²) in [5.41, 5.74) is 6.96. The molecular weight excluding hydrogens is 232 g/mol. The molecule has 3 aromatic rings. The van der Waals surface area contributed by atoms with Gasteiger partial charge < -0.3 is 10.7 Å². The van der Waals surface area contributed by atoms with Crippen LogP contribution in [0.4, 0.5) is 0 Å². The van der Waals surface area contributed by atoms with Crippen LogP contribution in [0.3, 0.4) is 0 Å². The molecule has 0 saturated heterocycles. The Kier molecular flexibility index (Phi) is 3.55. The summed E-state index contributed by atoms with van der Waals surface area (Å²) in [7, 11) is 0. The molecule has 0 aliphatic heterocycles. The fourth-order valence-electron chi connectivity index (χ4n) is 1.20. The number of rotatable bonds is 1. The van der Waals surface area contributed by atoms with Crippen molar-refractivity contribution in [3.05, 3.63) is 48.9 Å². The summed E-state index contributed by atoms with van der Waals surface area (Å²) in [5, 5.41) is 0. The first-order chi connectivity index (χ1) is 8.77. The maximum absolute atomic E-state index is 10.4. The van der Waals surface area contributed by atoms with Crippen molar-refractivity contribution in [3.8, 4) is 0 Å². The lowest BCUT2D eigenvalue weighted by Gasteiger charge is -1.88. The van der Waals surface area contributed by atoms with Gasteiger partial charge in [-0.25, -0.2) is 15.0 Å². The van der Waals surface area contributed by atoms with Crippen LogP contribution >= 0.6 is 0 Å². The van der Waals surface area contributed by atoms with Crippen molar-refractivity contribution >= 4 is 17.1 Å².